The molecule has 7 heteroatoms. The van der Waals surface area contributed by atoms with Gasteiger partial charge in [-0.3, -0.25) is 19.3 Å². The van der Waals surface area contributed by atoms with Crippen LogP contribution in [0, 0.1) is 11.8 Å². The third-order valence-corrected chi connectivity index (χ3v) is 6.27. The lowest BCUT2D eigenvalue weighted by molar-refractivity contribution is -0.140. The van der Waals surface area contributed by atoms with Crippen LogP contribution in [0.3, 0.4) is 0 Å². The Labute approximate surface area is 162 Å². The number of hydrogen-bond acceptors (Lipinski definition) is 4. The fourth-order valence-electron chi connectivity index (χ4n) is 3.64. The summed E-state index contributed by atoms with van der Waals surface area (Å²) >= 11 is 7.48. The molecule has 2 atom stereocenters. The highest BCUT2D eigenvalue weighted by Crippen LogP contribution is 2.37. The number of fused-ring (bicyclic) bond motifs is 1. The monoisotopic (exact) mass is 394 g/mol. The van der Waals surface area contributed by atoms with Crippen molar-refractivity contribution in [3.8, 4) is 0 Å². The van der Waals surface area contributed by atoms with E-state index in [1.165, 1.54) is 4.90 Å². The zero-order valence-corrected chi connectivity index (χ0v) is 16.2. The largest absolute Gasteiger partial charge is 0.355 e. The van der Waals surface area contributed by atoms with E-state index in [1.54, 1.807) is 11.8 Å². The van der Waals surface area contributed by atoms with Crippen LogP contribution in [0.25, 0.3) is 0 Å². The molecule has 3 rings (SSSR count). The van der Waals surface area contributed by atoms with Gasteiger partial charge in [-0.25, -0.2) is 0 Å². The molecule has 1 aromatic rings. The van der Waals surface area contributed by atoms with E-state index in [0.717, 1.165) is 36.3 Å². The van der Waals surface area contributed by atoms with Crippen LogP contribution in [0.1, 0.15) is 32.1 Å². The Bertz CT molecular complexity index is 656. The van der Waals surface area contributed by atoms with Gasteiger partial charge in [-0.15, -0.1) is 11.8 Å². The first-order chi connectivity index (χ1) is 12.6. The maximum atomic E-state index is 12.4. The highest BCUT2D eigenvalue weighted by molar-refractivity contribution is 7.99. The number of rotatable bonds is 7. The number of thioether (sulfide) groups is 1. The molecule has 1 heterocycles. The second kappa shape index (κ2) is 8.91. The quantitative estimate of drug-likeness (QED) is 0.438. The Morgan fingerprint density at radius 1 is 1.12 bits per heavy atom. The van der Waals surface area contributed by atoms with Crippen molar-refractivity contribution in [2.75, 3.05) is 18.8 Å². The molecule has 2 fully saturated rings. The molecule has 26 heavy (non-hydrogen) atoms. The molecule has 1 aliphatic heterocycles. The summed E-state index contributed by atoms with van der Waals surface area (Å²) in [6, 6.07) is 7.56. The molecule has 1 N–H and O–H groups in total. The Hall–Kier alpha value is -1.53. The Morgan fingerprint density at radius 3 is 2.35 bits per heavy atom. The average Bonchev–Trinajstić information content (AvgIpc) is 2.89. The Morgan fingerprint density at radius 2 is 1.73 bits per heavy atom. The number of nitrogens with zero attached hydrogens (tertiary/aromatic N) is 1. The van der Waals surface area contributed by atoms with Crippen molar-refractivity contribution < 1.29 is 14.4 Å². The van der Waals surface area contributed by atoms with Crippen molar-refractivity contribution in [3.63, 3.8) is 0 Å². The van der Waals surface area contributed by atoms with Crippen LogP contribution >= 0.6 is 23.4 Å². The summed E-state index contributed by atoms with van der Waals surface area (Å²) in [6.45, 7) is 0.736. The first kappa shape index (κ1) is 19.2. The van der Waals surface area contributed by atoms with Crippen LogP contribution in [0.15, 0.2) is 29.2 Å². The first-order valence-electron chi connectivity index (χ1n) is 9.06. The SMILES string of the molecule is O=C(CCN1C(=O)[C@H]2CCCC[C@@H]2C1=O)NCCSc1ccc(Cl)cc1. The molecule has 1 aromatic carbocycles. The van der Waals surface area contributed by atoms with Crippen molar-refractivity contribution >= 4 is 41.1 Å². The van der Waals surface area contributed by atoms with Gasteiger partial charge in [-0.2, -0.15) is 0 Å². The topological polar surface area (TPSA) is 66.5 Å². The van der Waals surface area contributed by atoms with Gasteiger partial charge >= 0.3 is 0 Å². The third-order valence-electron chi connectivity index (χ3n) is 5.00. The molecule has 1 aliphatic carbocycles. The van der Waals surface area contributed by atoms with Crippen molar-refractivity contribution in [2.24, 2.45) is 11.8 Å². The Kier molecular flexibility index (Phi) is 6.59. The van der Waals surface area contributed by atoms with Crippen molar-refractivity contribution in [3.05, 3.63) is 29.3 Å². The predicted molar refractivity (Wildman–Crippen MR) is 102 cm³/mol. The van der Waals surface area contributed by atoms with E-state index in [4.69, 9.17) is 11.6 Å². The van der Waals surface area contributed by atoms with Gasteiger partial charge in [0.15, 0.2) is 0 Å². The Balaban J connectivity index is 1.37. The number of nitrogens with one attached hydrogen (secondary N) is 1. The van der Waals surface area contributed by atoms with Crippen LogP contribution < -0.4 is 5.32 Å². The second-order valence-corrected chi connectivity index (χ2v) is 8.33. The molecule has 5 nitrogen and oxygen atoms in total. The number of hydrogen-bond donors (Lipinski definition) is 1. The molecule has 140 valence electrons. The molecule has 3 amide bonds. The van der Waals surface area contributed by atoms with E-state index in [1.807, 2.05) is 24.3 Å². The fourth-order valence-corrected chi connectivity index (χ4v) is 4.54. The van der Waals surface area contributed by atoms with Crippen LogP contribution in [0.5, 0.6) is 0 Å². The highest BCUT2D eigenvalue weighted by Gasteiger charge is 2.47. The summed E-state index contributed by atoms with van der Waals surface area (Å²) in [6.07, 6.45) is 3.81. The maximum Gasteiger partial charge on any atom is 0.233 e. The zero-order chi connectivity index (χ0) is 18.5. The van der Waals surface area contributed by atoms with E-state index in [0.29, 0.717) is 11.6 Å². The average molecular weight is 395 g/mol. The minimum atomic E-state index is -0.143. The molecule has 0 unspecified atom stereocenters. The molecule has 0 radical (unpaired) electrons. The van der Waals surface area contributed by atoms with E-state index < -0.39 is 0 Å². The smallest absolute Gasteiger partial charge is 0.233 e. The van der Waals surface area contributed by atoms with E-state index >= 15 is 0 Å². The van der Waals surface area contributed by atoms with Crippen molar-refractivity contribution in [1.82, 2.24) is 10.2 Å². The van der Waals surface area contributed by atoms with Gasteiger partial charge in [-0.1, -0.05) is 24.4 Å². The van der Waals surface area contributed by atoms with Crippen LogP contribution in [0.2, 0.25) is 5.02 Å². The molecule has 1 saturated carbocycles. The normalized spacial score (nSPS) is 22.4. The van der Waals surface area contributed by atoms with Gasteiger partial charge in [0.05, 0.1) is 11.8 Å². The summed E-state index contributed by atoms with van der Waals surface area (Å²) in [5.74, 6) is 0.179. The van der Waals surface area contributed by atoms with Crippen molar-refractivity contribution in [2.45, 2.75) is 37.0 Å². The fraction of sp³-hybridized carbons (Fsp3) is 0.526. The van der Waals surface area contributed by atoms with Gasteiger partial charge in [0, 0.05) is 35.2 Å². The zero-order valence-electron chi connectivity index (χ0n) is 14.6. The molecule has 0 bridgehead atoms. The highest BCUT2D eigenvalue weighted by atomic mass is 35.5. The van der Waals surface area contributed by atoms with Crippen LogP contribution in [-0.4, -0.2) is 41.5 Å². The summed E-state index contributed by atoms with van der Waals surface area (Å²) in [5, 5.41) is 3.55. The van der Waals surface area contributed by atoms with Gasteiger partial charge in [0.25, 0.3) is 0 Å². The minimum absolute atomic E-state index is 0.0780. The number of benzene rings is 1. The number of likely N-dealkylation sites (tertiary alicyclic amines) is 1. The minimum Gasteiger partial charge on any atom is -0.355 e. The summed E-state index contributed by atoms with van der Waals surface area (Å²) in [4.78, 5) is 39.1. The molecule has 0 aromatic heterocycles. The van der Waals surface area contributed by atoms with Gasteiger partial charge < -0.3 is 5.32 Å². The number of amides is 3. The van der Waals surface area contributed by atoms with E-state index in [9.17, 15) is 14.4 Å². The van der Waals surface area contributed by atoms with Crippen LogP contribution in [0.4, 0.5) is 0 Å². The lowest BCUT2D eigenvalue weighted by Gasteiger charge is -2.19. The third kappa shape index (κ3) is 4.60. The number of carbonyl (C=O) groups excluding carboxylic acids is 3. The van der Waals surface area contributed by atoms with Crippen LogP contribution in [-0.2, 0) is 14.4 Å². The van der Waals surface area contributed by atoms with E-state index in [-0.39, 0.29) is 42.5 Å². The lowest BCUT2D eigenvalue weighted by Crippen LogP contribution is -2.35. The lowest BCUT2D eigenvalue weighted by atomic mass is 9.81. The van der Waals surface area contributed by atoms with Gasteiger partial charge in [0.2, 0.25) is 17.7 Å². The van der Waals surface area contributed by atoms with E-state index in [2.05, 4.69) is 5.32 Å². The van der Waals surface area contributed by atoms with Crippen molar-refractivity contribution in [1.29, 1.82) is 0 Å². The standard InChI is InChI=1S/C19H23ClN2O3S/c20-13-5-7-14(8-6-13)26-12-10-21-17(23)9-11-22-18(24)15-3-1-2-4-16(15)19(22)25/h5-8,15-16H,1-4,9-12H2,(H,21,23)/t15-,16-/m0/s1. The second-order valence-electron chi connectivity index (χ2n) is 6.73. The molecule has 1 saturated heterocycles. The molecule has 0 spiro atoms. The van der Waals surface area contributed by atoms with Gasteiger partial charge in [0.1, 0.15) is 0 Å². The number of imide groups is 1. The predicted octanol–water partition coefficient (Wildman–Crippen LogP) is 3.11. The summed E-state index contributed by atoms with van der Waals surface area (Å²) in [5.41, 5.74) is 0. The van der Waals surface area contributed by atoms with Gasteiger partial charge in [-0.05, 0) is 37.1 Å². The molecule has 2 aliphatic rings. The first-order valence-corrected chi connectivity index (χ1v) is 10.4. The maximum absolute atomic E-state index is 12.4. The number of halogens is 1. The molecular formula is C19H23ClN2O3S. The summed E-state index contributed by atoms with van der Waals surface area (Å²) in [7, 11) is 0. The number of carbonyl (C=O) groups is 3. The summed E-state index contributed by atoms with van der Waals surface area (Å²) < 4.78 is 0. The molecular weight excluding hydrogens is 372 g/mol.